The van der Waals surface area contributed by atoms with Gasteiger partial charge >= 0.3 is 5.97 Å². The largest absolute Gasteiger partial charge is 0.467 e. The molecule has 2 saturated heterocycles. The van der Waals surface area contributed by atoms with E-state index in [1.165, 1.54) is 7.11 Å². The molecule has 4 rings (SSSR count). The molecule has 1 aliphatic carbocycles. The van der Waals surface area contributed by atoms with Gasteiger partial charge in [0.15, 0.2) is 0 Å². The highest BCUT2D eigenvalue weighted by Crippen LogP contribution is 2.58. The SMILES string of the molecule is COC(=O)C1CCCCN1C(=O)c1cccc(NC(=O)C2CC23CCNCC3)c1. The lowest BCUT2D eigenvalue weighted by molar-refractivity contribution is -0.147. The van der Waals surface area contributed by atoms with Crippen LogP contribution in [-0.4, -0.2) is 55.5 Å². The zero-order valence-electron chi connectivity index (χ0n) is 16.9. The molecular weight excluding hydrogens is 370 g/mol. The van der Waals surface area contributed by atoms with Crippen molar-refractivity contribution in [2.24, 2.45) is 11.3 Å². The number of likely N-dealkylation sites (tertiary alicyclic amines) is 1. The minimum Gasteiger partial charge on any atom is -0.467 e. The van der Waals surface area contributed by atoms with Gasteiger partial charge in [-0.15, -0.1) is 0 Å². The Balaban J connectivity index is 1.43. The first-order valence-electron chi connectivity index (χ1n) is 10.5. The molecule has 7 nitrogen and oxygen atoms in total. The lowest BCUT2D eigenvalue weighted by atomic mass is 9.92. The van der Waals surface area contributed by atoms with E-state index in [0.717, 1.165) is 45.2 Å². The van der Waals surface area contributed by atoms with Crippen LogP contribution in [0.3, 0.4) is 0 Å². The first-order chi connectivity index (χ1) is 14.0. The van der Waals surface area contributed by atoms with Crippen molar-refractivity contribution in [3.63, 3.8) is 0 Å². The number of ether oxygens (including phenoxy) is 1. The monoisotopic (exact) mass is 399 g/mol. The molecule has 2 aliphatic heterocycles. The molecule has 2 N–H and O–H groups in total. The van der Waals surface area contributed by atoms with Crippen molar-refractivity contribution in [2.75, 3.05) is 32.1 Å². The summed E-state index contributed by atoms with van der Waals surface area (Å²) >= 11 is 0. The quantitative estimate of drug-likeness (QED) is 0.758. The van der Waals surface area contributed by atoms with E-state index in [9.17, 15) is 14.4 Å². The molecule has 2 atom stereocenters. The van der Waals surface area contributed by atoms with Crippen LogP contribution in [0.25, 0.3) is 0 Å². The summed E-state index contributed by atoms with van der Waals surface area (Å²) in [5.74, 6) is -0.461. The fraction of sp³-hybridized carbons (Fsp3) is 0.591. The summed E-state index contributed by atoms with van der Waals surface area (Å²) in [6.07, 6.45) is 5.44. The highest BCUT2D eigenvalue weighted by molar-refractivity contribution is 6.00. The maximum Gasteiger partial charge on any atom is 0.328 e. The molecule has 29 heavy (non-hydrogen) atoms. The Morgan fingerprint density at radius 1 is 1.21 bits per heavy atom. The zero-order chi connectivity index (χ0) is 20.4. The maximum absolute atomic E-state index is 13.1. The molecule has 1 spiro atoms. The van der Waals surface area contributed by atoms with Crippen molar-refractivity contribution in [3.8, 4) is 0 Å². The van der Waals surface area contributed by atoms with Crippen LogP contribution in [0.1, 0.15) is 48.9 Å². The molecule has 0 aromatic heterocycles. The molecule has 1 aromatic carbocycles. The molecule has 156 valence electrons. The second-order valence-electron chi connectivity index (χ2n) is 8.47. The Morgan fingerprint density at radius 2 is 2.00 bits per heavy atom. The first kappa shape index (κ1) is 19.9. The molecule has 0 radical (unpaired) electrons. The fourth-order valence-electron chi connectivity index (χ4n) is 4.88. The predicted molar refractivity (Wildman–Crippen MR) is 108 cm³/mol. The first-order valence-corrected chi connectivity index (χ1v) is 10.5. The van der Waals surface area contributed by atoms with Gasteiger partial charge in [0.1, 0.15) is 6.04 Å². The number of amides is 2. The average molecular weight is 399 g/mol. The number of carbonyl (C=O) groups is 3. The third kappa shape index (κ3) is 4.01. The van der Waals surface area contributed by atoms with Gasteiger partial charge in [-0.2, -0.15) is 0 Å². The van der Waals surface area contributed by atoms with E-state index in [-0.39, 0.29) is 29.1 Å². The summed E-state index contributed by atoms with van der Waals surface area (Å²) in [5.41, 5.74) is 1.28. The molecule has 7 heteroatoms. The summed E-state index contributed by atoms with van der Waals surface area (Å²) in [7, 11) is 1.35. The number of methoxy groups -OCH3 is 1. The van der Waals surface area contributed by atoms with Gasteiger partial charge in [0.05, 0.1) is 7.11 Å². The molecule has 1 saturated carbocycles. The molecule has 3 aliphatic rings. The number of hydrogen-bond donors (Lipinski definition) is 2. The average Bonchev–Trinajstić information content (AvgIpc) is 3.46. The van der Waals surface area contributed by atoms with Crippen LogP contribution < -0.4 is 10.6 Å². The minimum atomic E-state index is -0.536. The van der Waals surface area contributed by atoms with Crippen molar-refractivity contribution in [1.82, 2.24) is 10.2 Å². The third-order valence-corrected chi connectivity index (χ3v) is 6.72. The smallest absolute Gasteiger partial charge is 0.328 e. The van der Waals surface area contributed by atoms with Crippen molar-refractivity contribution >= 4 is 23.5 Å². The number of carbonyl (C=O) groups excluding carboxylic acids is 3. The van der Waals surface area contributed by atoms with E-state index in [0.29, 0.717) is 24.2 Å². The van der Waals surface area contributed by atoms with E-state index < -0.39 is 6.04 Å². The summed E-state index contributed by atoms with van der Waals surface area (Å²) in [6, 6.07) is 6.48. The lowest BCUT2D eigenvalue weighted by Gasteiger charge is -2.33. The van der Waals surface area contributed by atoms with Crippen molar-refractivity contribution in [1.29, 1.82) is 0 Å². The van der Waals surface area contributed by atoms with Gasteiger partial charge in [0.25, 0.3) is 5.91 Å². The normalized spacial score (nSPS) is 25.3. The van der Waals surface area contributed by atoms with Crippen LogP contribution in [0.15, 0.2) is 24.3 Å². The van der Waals surface area contributed by atoms with Crippen LogP contribution in [0.2, 0.25) is 0 Å². The molecule has 2 heterocycles. The van der Waals surface area contributed by atoms with Crippen molar-refractivity contribution in [3.05, 3.63) is 29.8 Å². The van der Waals surface area contributed by atoms with Gasteiger partial charge in [-0.25, -0.2) is 4.79 Å². The van der Waals surface area contributed by atoms with Crippen molar-refractivity contribution < 1.29 is 19.1 Å². The molecule has 3 fully saturated rings. The fourth-order valence-corrected chi connectivity index (χ4v) is 4.88. The zero-order valence-corrected chi connectivity index (χ0v) is 16.9. The Kier molecular flexibility index (Phi) is 5.58. The van der Waals surface area contributed by atoms with E-state index in [2.05, 4.69) is 10.6 Å². The Labute approximate surface area is 171 Å². The van der Waals surface area contributed by atoms with Crippen LogP contribution in [0.5, 0.6) is 0 Å². The standard InChI is InChI=1S/C22H29N3O4/c1-29-21(28)18-7-2-3-12-25(18)20(27)15-5-4-6-16(13-15)24-19(26)17-14-22(17)8-10-23-11-9-22/h4-6,13,17-18,23H,2-3,7-12,14H2,1H3,(H,24,26). The van der Waals surface area contributed by atoms with E-state index in [1.54, 1.807) is 29.2 Å². The molecule has 1 aromatic rings. The molecular formula is C22H29N3O4. The predicted octanol–water partition coefficient (Wildman–Crippen LogP) is 2.18. The number of esters is 1. The van der Waals surface area contributed by atoms with Crippen LogP contribution >= 0.6 is 0 Å². The molecule has 0 bridgehead atoms. The highest BCUT2D eigenvalue weighted by Gasteiger charge is 2.57. The highest BCUT2D eigenvalue weighted by atomic mass is 16.5. The van der Waals surface area contributed by atoms with E-state index >= 15 is 0 Å². The Bertz CT molecular complexity index is 803. The van der Waals surface area contributed by atoms with Crippen LogP contribution in [0, 0.1) is 11.3 Å². The molecule has 2 unspecified atom stereocenters. The molecule has 2 amide bonds. The van der Waals surface area contributed by atoms with Gasteiger partial charge in [-0.3, -0.25) is 9.59 Å². The van der Waals surface area contributed by atoms with Crippen LogP contribution in [-0.2, 0) is 14.3 Å². The minimum absolute atomic E-state index is 0.0434. The number of hydrogen-bond acceptors (Lipinski definition) is 5. The summed E-state index contributed by atoms with van der Waals surface area (Å²) in [6.45, 7) is 2.49. The van der Waals surface area contributed by atoms with Crippen molar-refractivity contribution in [2.45, 2.75) is 44.6 Å². The second kappa shape index (κ2) is 8.14. The van der Waals surface area contributed by atoms with Gasteiger partial charge in [-0.1, -0.05) is 6.07 Å². The topological polar surface area (TPSA) is 87.7 Å². The number of nitrogens with zero attached hydrogens (tertiary/aromatic N) is 1. The van der Waals surface area contributed by atoms with Gasteiger partial charge in [0, 0.05) is 23.7 Å². The number of piperidine rings is 2. The van der Waals surface area contributed by atoms with E-state index in [4.69, 9.17) is 4.74 Å². The van der Waals surface area contributed by atoms with Gasteiger partial charge in [0.2, 0.25) is 5.91 Å². The van der Waals surface area contributed by atoms with Gasteiger partial charge < -0.3 is 20.3 Å². The summed E-state index contributed by atoms with van der Waals surface area (Å²) < 4.78 is 4.88. The maximum atomic E-state index is 13.1. The summed E-state index contributed by atoms with van der Waals surface area (Å²) in [5, 5.41) is 6.35. The number of nitrogens with one attached hydrogen (secondary N) is 2. The number of rotatable bonds is 4. The summed E-state index contributed by atoms with van der Waals surface area (Å²) in [4.78, 5) is 39.5. The third-order valence-electron chi connectivity index (χ3n) is 6.72. The second-order valence-corrected chi connectivity index (χ2v) is 8.47. The Hall–Kier alpha value is -2.41. The van der Waals surface area contributed by atoms with Gasteiger partial charge in [-0.05, 0) is 75.2 Å². The van der Waals surface area contributed by atoms with E-state index in [1.807, 2.05) is 0 Å². The number of anilines is 1. The van der Waals surface area contributed by atoms with Crippen LogP contribution in [0.4, 0.5) is 5.69 Å². The lowest BCUT2D eigenvalue weighted by Crippen LogP contribution is -2.48. The number of benzene rings is 1. The Morgan fingerprint density at radius 3 is 2.76 bits per heavy atom.